The van der Waals surface area contributed by atoms with Gasteiger partial charge in [0.05, 0.1) is 19.1 Å². The summed E-state index contributed by atoms with van der Waals surface area (Å²) in [6.45, 7) is 5.78. The maximum Gasteiger partial charge on any atom is 0.258 e. The molecule has 0 radical (unpaired) electrons. The van der Waals surface area contributed by atoms with Crippen LogP contribution in [-0.2, 0) is 6.54 Å². The summed E-state index contributed by atoms with van der Waals surface area (Å²) in [5.41, 5.74) is 3.86. The number of ether oxygens (including phenoxy) is 1. The minimum absolute atomic E-state index is 0.471. The Kier molecular flexibility index (Phi) is 5.98. The van der Waals surface area contributed by atoms with Gasteiger partial charge in [-0.15, -0.1) is 0 Å². The van der Waals surface area contributed by atoms with Crippen molar-refractivity contribution in [1.82, 2.24) is 20.0 Å². The Morgan fingerprint density at radius 2 is 2.00 bits per heavy atom. The number of furan rings is 1. The average molecular weight is 431 g/mol. The first kappa shape index (κ1) is 20.5. The third-order valence-corrected chi connectivity index (χ3v) is 5.86. The second-order valence-corrected chi connectivity index (χ2v) is 8.30. The molecule has 1 fully saturated rings. The van der Waals surface area contributed by atoms with Crippen molar-refractivity contribution in [1.29, 1.82) is 0 Å². The molecule has 3 aromatic heterocycles. The van der Waals surface area contributed by atoms with Crippen LogP contribution in [-0.4, -0.2) is 39.7 Å². The summed E-state index contributed by atoms with van der Waals surface area (Å²) in [4.78, 5) is 11.3. The lowest BCUT2D eigenvalue weighted by molar-refractivity contribution is 0.136. The van der Waals surface area contributed by atoms with E-state index in [0.717, 1.165) is 55.0 Å². The molecule has 0 N–H and O–H groups in total. The van der Waals surface area contributed by atoms with Crippen LogP contribution in [0.3, 0.4) is 0 Å². The zero-order valence-corrected chi connectivity index (χ0v) is 18.1. The first-order chi connectivity index (χ1) is 15.7. The van der Waals surface area contributed by atoms with Gasteiger partial charge in [0.2, 0.25) is 5.82 Å². The van der Waals surface area contributed by atoms with Crippen LogP contribution in [0.15, 0.2) is 70.1 Å². The molecule has 0 bridgehead atoms. The molecule has 0 aliphatic carbocycles. The zero-order valence-electron chi connectivity index (χ0n) is 18.1. The van der Waals surface area contributed by atoms with Gasteiger partial charge >= 0.3 is 0 Å². The molecule has 164 valence electrons. The summed E-state index contributed by atoms with van der Waals surface area (Å²) >= 11 is 0. The molecule has 0 saturated carbocycles. The van der Waals surface area contributed by atoms with Crippen molar-refractivity contribution in [2.45, 2.75) is 26.3 Å². The summed E-state index contributed by atoms with van der Waals surface area (Å²) in [7, 11) is 0. The van der Waals surface area contributed by atoms with Crippen LogP contribution in [0.2, 0.25) is 0 Å². The highest BCUT2D eigenvalue weighted by atomic mass is 16.5. The van der Waals surface area contributed by atoms with Crippen LogP contribution in [0, 0.1) is 12.8 Å². The van der Waals surface area contributed by atoms with Crippen molar-refractivity contribution in [3.8, 4) is 28.6 Å². The van der Waals surface area contributed by atoms with Crippen LogP contribution in [0.25, 0.3) is 22.8 Å². The summed E-state index contributed by atoms with van der Waals surface area (Å²) in [6, 6.07) is 13.7. The number of aromatic nitrogens is 3. The predicted molar refractivity (Wildman–Crippen MR) is 120 cm³/mol. The molecule has 4 aromatic rings. The van der Waals surface area contributed by atoms with E-state index < -0.39 is 0 Å². The molecule has 4 heterocycles. The van der Waals surface area contributed by atoms with Crippen LogP contribution in [0.4, 0.5) is 0 Å². The van der Waals surface area contributed by atoms with Crippen molar-refractivity contribution in [3.05, 3.63) is 72.4 Å². The molecule has 0 atom stereocenters. The lowest BCUT2D eigenvalue weighted by Gasteiger charge is -2.31. The lowest BCUT2D eigenvalue weighted by atomic mass is 9.97. The molecule has 5 rings (SSSR count). The maximum atomic E-state index is 6.12. The number of benzene rings is 1. The maximum absolute atomic E-state index is 6.12. The molecular weight excluding hydrogens is 404 g/mol. The second kappa shape index (κ2) is 9.36. The van der Waals surface area contributed by atoms with Gasteiger partial charge in [-0.25, -0.2) is 0 Å². The number of pyridine rings is 1. The first-order valence-electron chi connectivity index (χ1n) is 11.0. The van der Waals surface area contributed by atoms with Crippen molar-refractivity contribution in [3.63, 3.8) is 0 Å². The van der Waals surface area contributed by atoms with Crippen LogP contribution < -0.4 is 4.74 Å². The largest absolute Gasteiger partial charge is 0.493 e. The van der Waals surface area contributed by atoms with E-state index in [1.54, 1.807) is 12.5 Å². The first-order valence-corrected chi connectivity index (χ1v) is 11.0. The second-order valence-electron chi connectivity index (χ2n) is 8.30. The molecule has 7 heteroatoms. The van der Waals surface area contributed by atoms with Gasteiger partial charge in [0.1, 0.15) is 5.75 Å². The molecule has 7 nitrogen and oxygen atoms in total. The highest BCUT2D eigenvalue weighted by molar-refractivity contribution is 5.60. The van der Waals surface area contributed by atoms with Crippen molar-refractivity contribution in [2.75, 3.05) is 19.7 Å². The Hall–Kier alpha value is -3.45. The number of hydrogen-bond acceptors (Lipinski definition) is 7. The quantitative estimate of drug-likeness (QED) is 0.409. The smallest absolute Gasteiger partial charge is 0.258 e. The fraction of sp³-hybridized carbons (Fsp3) is 0.320. The van der Waals surface area contributed by atoms with Crippen molar-refractivity contribution >= 4 is 0 Å². The van der Waals surface area contributed by atoms with E-state index in [1.165, 1.54) is 5.56 Å². The van der Waals surface area contributed by atoms with Gasteiger partial charge in [-0.2, -0.15) is 4.98 Å². The van der Waals surface area contributed by atoms with E-state index in [1.807, 2.05) is 55.7 Å². The summed E-state index contributed by atoms with van der Waals surface area (Å²) < 4.78 is 16.8. The van der Waals surface area contributed by atoms with Gasteiger partial charge in [-0.05, 0) is 75.2 Å². The van der Waals surface area contributed by atoms with E-state index >= 15 is 0 Å². The highest BCUT2D eigenvalue weighted by Crippen LogP contribution is 2.26. The van der Waals surface area contributed by atoms with E-state index in [-0.39, 0.29) is 0 Å². The SMILES string of the molecule is Cc1ccc(-c2noc(-c3cccc(OCC4CCN(Cc5ccoc5)CC4)c3)n2)cn1. The molecular formula is C25H26N4O3. The number of piperidine rings is 1. The molecule has 1 aromatic carbocycles. The Labute approximate surface area is 187 Å². The van der Waals surface area contributed by atoms with Gasteiger partial charge in [0.15, 0.2) is 0 Å². The normalized spacial score (nSPS) is 15.2. The monoisotopic (exact) mass is 430 g/mol. The molecule has 0 unspecified atom stereocenters. The summed E-state index contributed by atoms with van der Waals surface area (Å²) in [6.07, 6.45) is 7.58. The predicted octanol–water partition coefficient (Wildman–Crippen LogP) is 4.99. The Bertz CT molecular complexity index is 1130. The van der Waals surface area contributed by atoms with Crippen molar-refractivity contribution < 1.29 is 13.7 Å². The number of aryl methyl sites for hydroxylation is 1. The van der Waals surface area contributed by atoms with Gasteiger partial charge in [0.25, 0.3) is 5.89 Å². The summed E-state index contributed by atoms with van der Waals surface area (Å²) in [5, 5.41) is 4.10. The molecule has 0 spiro atoms. The standard InChI is InChI=1S/C25H26N4O3/c1-18-5-6-22(14-26-18)24-27-25(32-28-24)21-3-2-4-23(13-21)31-17-19-7-10-29(11-8-19)15-20-9-12-30-16-20/h2-6,9,12-14,16,19H,7-8,10-11,15,17H2,1H3. The van der Waals surface area contributed by atoms with E-state index in [4.69, 9.17) is 13.7 Å². The van der Waals surface area contributed by atoms with Crippen LogP contribution >= 0.6 is 0 Å². The number of rotatable bonds is 7. The third-order valence-electron chi connectivity index (χ3n) is 5.86. The van der Waals surface area contributed by atoms with E-state index in [2.05, 4.69) is 20.0 Å². The fourth-order valence-corrected chi connectivity index (χ4v) is 3.94. The minimum Gasteiger partial charge on any atom is -0.493 e. The fourth-order valence-electron chi connectivity index (χ4n) is 3.94. The molecule has 1 saturated heterocycles. The Morgan fingerprint density at radius 1 is 1.09 bits per heavy atom. The molecule has 0 amide bonds. The minimum atomic E-state index is 0.471. The van der Waals surface area contributed by atoms with E-state index in [9.17, 15) is 0 Å². The average Bonchev–Trinajstić information content (AvgIpc) is 3.52. The van der Waals surface area contributed by atoms with Crippen LogP contribution in [0.1, 0.15) is 24.1 Å². The third kappa shape index (κ3) is 4.89. The number of nitrogens with zero attached hydrogens (tertiary/aromatic N) is 4. The van der Waals surface area contributed by atoms with Gasteiger partial charge in [0, 0.05) is 35.1 Å². The Balaban J connectivity index is 1.16. The molecule has 1 aliphatic heterocycles. The topological polar surface area (TPSA) is 77.4 Å². The zero-order chi connectivity index (χ0) is 21.8. The summed E-state index contributed by atoms with van der Waals surface area (Å²) in [5.74, 6) is 2.38. The molecule has 1 aliphatic rings. The van der Waals surface area contributed by atoms with Crippen LogP contribution in [0.5, 0.6) is 5.75 Å². The number of hydrogen-bond donors (Lipinski definition) is 0. The van der Waals surface area contributed by atoms with Gasteiger partial charge in [-0.1, -0.05) is 11.2 Å². The highest BCUT2D eigenvalue weighted by Gasteiger charge is 2.20. The Morgan fingerprint density at radius 3 is 2.78 bits per heavy atom. The van der Waals surface area contributed by atoms with Crippen molar-refractivity contribution in [2.24, 2.45) is 5.92 Å². The number of likely N-dealkylation sites (tertiary alicyclic amines) is 1. The molecule has 32 heavy (non-hydrogen) atoms. The van der Waals surface area contributed by atoms with E-state index in [0.29, 0.717) is 24.2 Å². The van der Waals surface area contributed by atoms with Gasteiger partial charge < -0.3 is 13.7 Å². The van der Waals surface area contributed by atoms with Gasteiger partial charge in [-0.3, -0.25) is 9.88 Å². The lowest BCUT2D eigenvalue weighted by Crippen LogP contribution is -2.35.